The van der Waals surface area contributed by atoms with Crippen molar-refractivity contribution in [2.24, 2.45) is 5.10 Å². The van der Waals surface area contributed by atoms with Crippen LogP contribution in [-0.4, -0.2) is 18.2 Å². The van der Waals surface area contributed by atoms with Gasteiger partial charge in [-0.25, -0.2) is 5.43 Å². The predicted octanol–water partition coefficient (Wildman–Crippen LogP) is 5.10. The van der Waals surface area contributed by atoms with Crippen LogP contribution in [0.5, 0.6) is 0 Å². The molecule has 0 radical (unpaired) electrons. The summed E-state index contributed by atoms with van der Waals surface area (Å²) >= 11 is 10.3. The van der Waals surface area contributed by atoms with E-state index in [1.807, 2.05) is 31.2 Å². The molecule has 0 atom stereocenters. The standard InChI is InChI=1S/C16H16Br3N3O2/c1-10(4-5-12-3-2-6-24-12)21-22-15(23)9-20-16-13(18)7-11(17)8-14(16)19/h2-3,6-8,20H,4-5,9H2,1H3,(H,22,23). The Morgan fingerprint density at radius 3 is 2.58 bits per heavy atom. The molecule has 2 N–H and O–H groups in total. The third kappa shape index (κ3) is 6.07. The number of amides is 1. The second-order valence-electron chi connectivity index (χ2n) is 5.06. The van der Waals surface area contributed by atoms with Crippen molar-refractivity contribution in [3.05, 3.63) is 49.7 Å². The van der Waals surface area contributed by atoms with Crippen LogP contribution in [0, 0.1) is 0 Å². The van der Waals surface area contributed by atoms with Gasteiger partial charge in [0.15, 0.2) is 0 Å². The quantitative estimate of drug-likeness (QED) is 0.393. The smallest absolute Gasteiger partial charge is 0.259 e. The number of hydrazone groups is 1. The predicted molar refractivity (Wildman–Crippen MR) is 106 cm³/mol. The molecule has 0 saturated heterocycles. The van der Waals surface area contributed by atoms with Crippen LogP contribution in [0.25, 0.3) is 0 Å². The molecule has 1 aromatic heterocycles. The fourth-order valence-corrected chi connectivity index (χ4v) is 4.43. The van der Waals surface area contributed by atoms with E-state index >= 15 is 0 Å². The van der Waals surface area contributed by atoms with Gasteiger partial charge in [-0.15, -0.1) is 0 Å². The molecule has 0 bridgehead atoms. The topological polar surface area (TPSA) is 66.6 Å². The first kappa shape index (κ1) is 19.2. The van der Waals surface area contributed by atoms with E-state index in [0.717, 1.165) is 43.4 Å². The van der Waals surface area contributed by atoms with Crippen LogP contribution in [0.1, 0.15) is 19.1 Å². The van der Waals surface area contributed by atoms with Crippen LogP contribution in [0.2, 0.25) is 0 Å². The Kier molecular flexibility index (Phi) is 7.51. The van der Waals surface area contributed by atoms with Crippen molar-refractivity contribution in [3.63, 3.8) is 0 Å². The van der Waals surface area contributed by atoms with E-state index in [0.29, 0.717) is 0 Å². The van der Waals surface area contributed by atoms with Crippen LogP contribution < -0.4 is 10.7 Å². The minimum atomic E-state index is -0.214. The number of carbonyl (C=O) groups is 1. The van der Waals surface area contributed by atoms with Crippen LogP contribution in [-0.2, 0) is 11.2 Å². The van der Waals surface area contributed by atoms with Crippen molar-refractivity contribution in [2.45, 2.75) is 19.8 Å². The minimum absolute atomic E-state index is 0.119. The third-order valence-corrected chi connectivity index (χ3v) is 4.83. The average Bonchev–Trinajstić information content (AvgIpc) is 3.03. The molecule has 24 heavy (non-hydrogen) atoms. The lowest BCUT2D eigenvalue weighted by molar-refractivity contribution is -0.119. The Bertz CT molecular complexity index is 707. The summed E-state index contributed by atoms with van der Waals surface area (Å²) < 4.78 is 7.91. The molecule has 0 aliphatic carbocycles. The first-order valence-electron chi connectivity index (χ1n) is 7.18. The van der Waals surface area contributed by atoms with Gasteiger partial charge in [-0.3, -0.25) is 4.79 Å². The molecule has 2 aromatic rings. The molecule has 0 unspecified atom stereocenters. The molecule has 2 rings (SSSR count). The van der Waals surface area contributed by atoms with Crippen molar-refractivity contribution in [3.8, 4) is 0 Å². The van der Waals surface area contributed by atoms with Crippen LogP contribution in [0.15, 0.2) is 53.5 Å². The minimum Gasteiger partial charge on any atom is -0.469 e. The number of benzene rings is 1. The number of carbonyl (C=O) groups excluding carboxylic acids is 1. The third-order valence-electron chi connectivity index (χ3n) is 3.12. The lowest BCUT2D eigenvalue weighted by Gasteiger charge is -2.10. The summed E-state index contributed by atoms with van der Waals surface area (Å²) in [5.41, 5.74) is 4.20. The number of rotatable bonds is 7. The van der Waals surface area contributed by atoms with Crippen molar-refractivity contribution in [1.29, 1.82) is 0 Å². The monoisotopic (exact) mass is 519 g/mol. The van der Waals surface area contributed by atoms with E-state index in [-0.39, 0.29) is 12.5 Å². The molecule has 1 amide bonds. The maximum Gasteiger partial charge on any atom is 0.259 e. The lowest BCUT2D eigenvalue weighted by Crippen LogP contribution is -2.27. The number of hydrogen-bond acceptors (Lipinski definition) is 4. The Morgan fingerprint density at radius 2 is 1.96 bits per heavy atom. The maximum absolute atomic E-state index is 11.9. The summed E-state index contributed by atoms with van der Waals surface area (Å²) in [5, 5.41) is 7.17. The van der Waals surface area contributed by atoms with Gasteiger partial charge >= 0.3 is 0 Å². The Balaban J connectivity index is 1.80. The fraction of sp³-hybridized carbons (Fsp3) is 0.250. The normalized spacial score (nSPS) is 11.4. The van der Waals surface area contributed by atoms with E-state index in [1.54, 1.807) is 6.26 Å². The van der Waals surface area contributed by atoms with Gasteiger partial charge in [0, 0.05) is 25.6 Å². The van der Waals surface area contributed by atoms with E-state index in [9.17, 15) is 4.79 Å². The second-order valence-corrected chi connectivity index (χ2v) is 7.68. The number of nitrogens with zero attached hydrogens (tertiary/aromatic N) is 1. The number of anilines is 1. The molecular weight excluding hydrogens is 506 g/mol. The summed E-state index contributed by atoms with van der Waals surface area (Å²) in [6, 6.07) is 7.58. The lowest BCUT2D eigenvalue weighted by atomic mass is 10.2. The van der Waals surface area contributed by atoms with Gasteiger partial charge in [0.1, 0.15) is 5.76 Å². The zero-order valence-electron chi connectivity index (χ0n) is 12.9. The zero-order chi connectivity index (χ0) is 17.5. The van der Waals surface area contributed by atoms with Gasteiger partial charge < -0.3 is 9.73 Å². The van der Waals surface area contributed by atoms with E-state index in [1.165, 1.54) is 0 Å². The van der Waals surface area contributed by atoms with Gasteiger partial charge in [-0.1, -0.05) is 15.9 Å². The number of halogens is 3. The molecule has 5 nitrogen and oxygen atoms in total. The summed E-state index contributed by atoms with van der Waals surface area (Å²) in [5.74, 6) is 0.691. The van der Waals surface area contributed by atoms with E-state index < -0.39 is 0 Å². The summed E-state index contributed by atoms with van der Waals surface area (Å²) in [6.07, 6.45) is 3.13. The van der Waals surface area contributed by atoms with Crippen molar-refractivity contribution in [2.75, 3.05) is 11.9 Å². The van der Waals surface area contributed by atoms with E-state index in [2.05, 4.69) is 63.6 Å². The fourth-order valence-electron chi connectivity index (χ4n) is 1.89. The van der Waals surface area contributed by atoms with Gasteiger partial charge in [0.05, 0.1) is 18.5 Å². The second kappa shape index (κ2) is 9.39. The number of nitrogens with one attached hydrogen (secondary N) is 2. The summed E-state index contributed by atoms with van der Waals surface area (Å²) in [6.45, 7) is 1.99. The molecule has 1 heterocycles. The average molecular weight is 522 g/mol. The molecular formula is C16H16Br3N3O2. The SMILES string of the molecule is CC(CCc1ccco1)=NNC(=O)CNc1c(Br)cc(Br)cc1Br. The van der Waals surface area contributed by atoms with Crippen LogP contribution >= 0.6 is 47.8 Å². The molecule has 0 fully saturated rings. The number of furan rings is 1. The summed E-state index contributed by atoms with van der Waals surface area (Å²) in [7, 11) is 0. The highest BCUT2D eigenvalue weighted by Crippen LogP contribution is 2.34. The highest BCUT2D eigenvalue weighted by molar-refractivity contribution is 9.11. The molecule has 0 aliphatic rings. The van der Waals surface area contributed by atoms with Crippen molar-refractivity contribution >= 4 is 65.1 Å². The first-order chi connectivity index (χ1) is 11.5. The zero-order valence-corrected chi connectivity index (χ0v) is 17.7. The highest BCUT2D eigenvalue weighted by atomic mass is 79.9. The van der Waals surface area contributed by atoms with Gasteiger partial charge in [0.25, 0.3) is 5.91 Å². The molecule has 0 saturated carbocycles. The molecule has 128 valence electrons. The van der Waals surface area contributed by atoms with Gasteiger partial charge in [-0.05, 0) is 69.5 Å². The molecule has 1 aromatic carbocycles. The Labute approximate surface area is 165 Å². The van der Waals surface area contributed by atoms with Crippen LogP contribution in [0.3, 0.4) is 0 Å². The van der Waals surface area contributed by atoms with E-state index in [4.69, 9.17) is 4.42 Å². The molecule has 0 spiro atoms. The molecule has 0 aliphatic heterocycles. The van der Waals surface area contributed by atoms with Gasteiger partial charge in [0.2, 0.25) is 0 Å². The Morgan fingerprint density at radius 1 is 1.25 bits per heavy atom. The maximum atomic E-state index is 11.9. The largest absolute Gasteiger partial charge is 0.469 e. The van der Waals surface area contributed by atoms with Crippen molar-refractivity contribution < 1.29 is 9.21 Å². The van der Waals surface area contributed by atoms with Crippen LogP contribution in [0.4, 0.5) is 5.69 Å². The number of hydrogen-bond donors (Lipinski definition) is 2. The number of aryl methyl sites for hydroxylation is 1. The van der Waals surface area contributed by atoms with Crippen molar-refractivity contribution in [1.82, 2.24) is 5.43 Å². The van der Waals surface area contributed by atoms with Gasteiger partial charge in [-0.2, -0.15) is 5.10 Å². The Hall–Kier alpha value is -1.12. The molecule has 8 heteroatoms. The summed E-state index contributed by atoms with van der Waals surface area (Å²) in [4.78, 5) is 11.9. The first-order valence-corrected chi connectivity index (χ1v) is 9.56. The highest BCUT2D eigenvalue weighted by Gasteiger charge is 2.08.